The van der Waals surface area contributed by atoms with Crippen LogP contribution in [-0.2, 0) is 13.6 Å². The Balaban J connectivity index is 2.60. The predicted molar refractivity (Wildman–Crippen MR) is 68.0 cm³/mol. The molecule has 0 aliphatic heterocycles. The summed E-state index contributed by atoms with van der Waals surface area (Å²) < 4.78 is 35.3. The summed E-state index contributed by atoms with van der Waals surface area (Å²) >= 11 is 1.27. The van der Waals surface area contributed by atoms with E-state index in [2.05, 4.69) is 0 Å². The van der Waals surface area contributed by atoms with Crippen LogP contribution in [0.4, 0.5) is 4.39 Å². The Labute approximate surface area is 105 Å². The van der Waals surface area contributed by atoms with Crippen molar-refractivity contribution in [1.29, 1.82) is 0 Å². The molecule has 96 valence electrons. The van der Waals surface area contributed by atoms with Gasteiger partial charge in [-0.05, 0) is 32.0 Å². The van der Waals surface area contributed by atoms with Crippen molar-refractivity contribution in [3.05, 3.63) is 30.1 Å². The van der Waals surface area contributed by atoms with Crippen molar-refractivity contribution in [2.75, 3.05) is 18.7 Å². The summed E-state index contributed by atoms with van der Waals surface area (Å²) in [7, 11) is -3.06. The molecule has 0 spiro atoms. The lowest BCUT2D eigenvalue weighted by Crippen LogP contribution is -1.97. The third-order valence-electron chi connectivity index (χ3n) is 1.84. The van der Waals surface area contributed by atoms with Crippen LogP contribution in [0.2, 0.25) is 0 Å². The van der Waals surface area contributed by atoms with Gasteiger partial charge >= 0.3 is 7.60 Å². The summed E-state index contributed by atoms with van der Waals surface area (Å²) in [6.07, 6.45) is 0. The molecule has 0 aliphatic rings. The molecule has 0 amide bonds. The van der Waals surface area contributed by atoms with Crippen LogP contribution < -0.4 is 0 Å². The Morgan fingerprint density at radius 2 is 1.94 bits per heavy atom. The monoisotopic (exact) mass is 278 g/mol. The van der Waals surface area contributed by atoms with Gasteiger partial charge in [0.25, 0.3) is 0 Å². The fourth-order valence-electron chi connectivity index (χ4n) is 1.22. The Hall–Kier alpha value is -0.350. The zero-order valence-electron chi connectivity index (χ0n) is 9.89. The van der Waals surface area contributed by atoms with Gasteiger partial charge in [-0.3, -0.25) is 4.57 Å². The molecule has 17 heavy (non-hydrogen) atoms. The second kappa shape index (κ2) is 7.17. The number of thioether (sulfide) groups is 1. The molecule has 3 nitrogen and oxygen atoms in total. The molecule has 0 bridgehead atoms. The average Bonchev–Trinajstić information content (AvgIpc) is 2.27. The highest BCUT2D eigenvalue weighted by Gasteiger charge is 2.23. The maximum atomic E-state index is 12.9. The largest absolute Gasteiger partial charge is 0.340 e. The Morgan fingerprint density at radius 1 is 1.29 bits per heavy atom. The first-order chi connectivity index (χ1) is 8.09. The number of benzene rings is 1. The minimum Gasteiger partial charge on any atom is -0.308 e. The fraction of sp³-hybridized carbons (Fsp3) is 0.455. The van der Waals surface area contributed by atoms with Crippen LogP contribution in [-0.4, -0.2) is 18.7 Å². The van der Waals surface area contributed by atoms with Gasteiger partial charge in [0.05, 0.1) is 13.2 Å². The van der Waals surface area contributed by atoms with E-state index < -0.39 is 7.60 Å². The molecular formula is C11H16FO3PS. The van der Waals surface area contributed by atoms with Crippen LogP contribution in [0.15, 0.2) is 29.2 Å². The van der Waals surface area contributed by atoms with Crippen LogP contribution in [0.1, 0.15) is 13.8 Å². The van der Waals surface area contributed by atoms with Gasteiger partial charge in [0.15, 0.2) is 0 Å². The van der Waals surface area contributed by atoms with Gasteiger partial charge in [-0.2, -0.15) is 0 Å². The topological polar surface area (TPSA) is 35.5 Å². The van der Waals surface area contributed by atoms with E-state index in [4.69, 9.17) is 9.05 Å². The van der Waals surface area contributed by atoms with Crippen molar-refractivity contribution in [3.63, 3.8) is 0 Å². The lowest BCUT2D eigenvalue weighted by atomic mass is 10.4. The lowest BCUT2D eigenvalue weighted by Gasteiger charge is -2.16. The molecule has 1 aromatic rings. The highest BCUT2D eigenvalue weighted by Crippen LogP contribution is 2.51. The SMILES string of the molecule is CCOP(=O)(CSc1cccc(F)c1)OCC. The lowest BCUT2D eigenvalue weighted by molar-refractivity contribution is 0.224. The molecule has 0 N–H and O–H groups in total. The molecule has 6 heteroatoms. The third-order valence-corrected chi connectivity index (χ3v) is 5.51. The Bertz CT molecular complexity index is 390. The van der Waals surface area contributed by atoms with E-state index in [0.717, 1.165) is 0 Å². The Kier molecular flexibility index (Phi) is 6.20. The fourth-order valence-corrected chi connectivity index (χ4v) is 4.27. The highest BCUT2D eigenvalue weighted by molar-refractivity contribution is 8.04. The third kappa shape index (κ3) is 5.21. The minimum absolute atomic E-state index is 0.193. The van der Waals surface area contributed by atoms with Crippen molar-refractivity contribution in [2.45, 2.75) is 18.7 Å². The molecular weight excluding hydrogens is 262 g/mol. The summed E-state index contributed by atoms with van der Waals surface area (Å²) in [6.45, 7) is 4.19. The predicted octanol–water partition coefficient (Wildman–Crippen LogP) is 4.14. The molecule has 1 aromatic carbocycles. The molecule has 0 heterocycles. The van der Waals surface area contributed by atoms with Gasteiger partial charge in [0.2, 0.25) is 0 Å². The van der Waals surface area contributed by atoms with E-state index in [-0.39, 0.29) is 11.3 Å². The van der Waals surface area contributed by atoms with Crippen LogP contribution in [0, 0.1) is 5.82 Å². The zero-order chi connectivity index (χ0) is 12.7. The van der Waals surface area contributed by atoms with Gasteiger partial charge in [-0.1, -0.05) is 6.07 Å². The maximum Gasteiger partial charge on any atom is 0.340 e. The first-order valence-corrected chi connectivity index (χ1v) is 8.07. The second-order valence-electron chi connectivity index (χ2n) is 3.18. The number of rotatable bonds is 7. The molecule has 0 radical (unpaired) electrons. The molecule has 0 unspecified atom stereocenters. The van der Waals surface area contributed by atoms with Crippen LogP contribution >= 0.6 is 19.4 Å². The number of hydrogen-bond donors (Lipinski definition) is 0. The molecule has 0 atom stereocenters. The van der Waals surface area contributed by atoms with Gasteiger partial charge in [-0.15, -0.1) is 11.8 Å². The first kappa shape index (κ1) is 14.7. The van der Waals surface area contributed by atoms with Crippen LogP contribution in [0.5, 0.6) is 0 Å². The van der Waals surface area contributed by atoms with Crippen molar-refractivity contribution >= 4 is 19.4 Å². The minimum atomic E-state index is -3.06. The van der Waals surface area contributed by atoms with Gasteiger partial charge < -0.3 is 9.05 Å². The van der Waals surface area contributed by atoms with E-state index in [9.17, 15) is 8.96 Å². The molecule has 1 rings (SSSR count). The second-order valence-corrected chi connectivity index (χ2v) is 6.71. The van der Waals surface area contributed by atoms with E-state index >= 15 is 0 Å². The van der Waals surface area contributed by atoms with E-state index in [0.29, 0.717) is 18.1 Å². The normalized spacial score (nSPS) is 11.7. The van der Waals surface area contributed by atoms with Crippen LogP contribution in [0.3, 0.4) is 0 Å². The van der Waals surface area contributed by atoms with Gasteiger partial charge in [0.1, 0.15) is 11.3 Å². The summed E-state index contributed by atoms with van der Waals surface area (Å²) in [5, 5.41) is 0. The first-order valence-electron chi connectivity index (χ1n) is 5.36. The highest BCUT2D eigenvalue weighted by atomic mass is 32.2. The number of hydrogen-bond acceptors (Lipinski definition) is 4. The van der Waals surface area contributed by atoms with Gasteiger partial charge in [0, 0.05) is 4.90 Å². The number of halogens is 1. The van der Waals surface area contributed by atoms with E-state index in [1.165, 1.54) is 23.9 Å². The molecule has 0 saturated heterocycles. The summed E-state index contributed by atoms with van der Waals surface area (Å²) in [5.74, 6) is -0.308. The molecule has 0 saturated carbocycles. The van der Waals surface area contributed by atoms with Crippen LogP contribution in [0.25, 0.3) is 0 Å². The summed E-state index contributed by atoms with van der Waals surface area (Å²) in [6, 6.07) is 6.14. The standard InChI is InChI=1S/C11H16FO3PS/c1-3-14-16(13,15-4-2)9-17-11-7-5-6-10(12)8-11/h5-8H,3-4,9H2,1-2H3. The summed E-state index contributed by atoms with van der Waals surface area (Å²) in [4.78, 5) is 0.713. The van der Waals surface area contributed by atoms with Gasteiger partial charge in [-0.25, -0.2) is 4.39 Å². The van der Waals surface area contributed by atoms with Crippen molar-refractivity contribution in [3.8, 4) is 0 Å². The van der Waals surface area contributed by atoms with Crippen molar-refractivity contribution in [1.82, 2.24) is 0 Å². The quantitative estimate of drug-likeness (QED) is 0.554. The molecule has 0 fully saturated rings. The van der Waals surface area contributed by atoms with E-state index in [1.807, 2.05) is 0 Å². The average molecular weight is 278 g/mol. The van der Waals surface area contributed by atoms with E-state index in [1.54, 1.807) is 26.0 Å². The smallest absolute Gasteiger partial charge is 0.308 e. The molecule has 0 aromatic heterocycles. The van der Waals surface area contributed by atoms with Crippen molar-refractivity contribution in [2.24, 2.45) is 0 Å². The zero-order valence-corrected chi connectivity index (χ0v) is 11.6. The molecule has 0 aliphatic carbocycles. The summed E-state index contributed by atoms with van der Waals surface area (Å²) in [5.41, 5.74) is 0.193. The van der Waals surface area contributed by atoms with Crippen molar-refractivity contribution < 1.29 is 18.0 Å². The Morgan fingerprint density at radius 3 is 2.47 bits per heavy atom. The maximum absolute atomic E-state index is 12.9.